The molecular weight excluding hydrogens is 381 g/mol. The Kier molecular flexibility index (Phi) is 5.75. The highest BCUT2D eigenvalue weighted by Crippen LogP contribution is 2.25. The number of aromatic nitrogens is 2. The van der Waals surface area contributed by atoms with Crippen LogP contribution in [-0.2, 0) is 18.9 Å². The van der Waals surface area contributed by atoms with Gasteiger partial charge in [-0.05, 0) is 18.2 Å². The van der Waals surface area contributed by atoms with Crippen LogP contribution in [0.15, 0.2) is 27.8 Å². The van der Waals surface area contributed by atoms with Crippen molar-refractivity contribution in [3.63, 3.8) is 0 Å². The number of carbonyl (C=O) groups is 1. The first-order chi connectivity index (χ1) is 12.2. The van der Waals surface area contributed by atoms with Gasteiger partial charge in [-0.25, -0.2) is 4.79 Å². The molecule has 2 rings (SSSR count). The van der Waals surface area contributed by atoms with E-state index in [4.69, 9.17) is 23.2 Å². The number of benzene rings is 1. The van der Waals surface area contributed by atoms with Gasteiger partial charge in [0.25, 0.3) is 5.56 Å². The molecule has 0 fully saturated rings. The topological polar surface area (TPSA) is 100 Å². The monoisotopic (exact) mass is 395 g/mol. The van der Waals surface area contributed by atoms with Gasteiger partial charge in [0.2, 0.25) is 5.91 Å². The van der Waals surface area contributed by atoms with Crippen molar-refractivity contribution in [1.82, 2.24) is 9.13 Å². The molecule has 0 radical (unpaired) electrons. The van der Waals surface area contributed by atoms with Crippen molar-refractivity contribution < 1.29 is 4.79 Å². The maximum absolute atomic E-state index is 12.3. The van der Waals surface area contributed by atoms with Crippen LogP contribution in [0.25, 0.3) is 0 Å². The molecule has 0 spiro atoms. The Balaban J connectivity index is 2.30. The molecule has 2 aromatic rings. The normalized spacial score (nSPS) is 10.3. The Bertz CT molecular complexity index is 1040. The highest BCUT2D eigenvalue weighted by molar-refractivity contribution is 6.42. The molecule has 1 heterocycles. The van der Waals surface area contributed by atoms with Crippen molar-refractivity contribution >= 4 is 40.6 Å². The number of nitrogens with one attached hydrogen (secondary N) is 1. The summed E-state index contributed by atoms with van der Waals surface area (Å²) in [6.45, 7) is -0.199. The summed E-state index contributed by atoms with van der Waals surface area (Å²) in [5.41, 5.74) is -1.10. The molecular formula is C16H15Cl2N5O3. The Hall–Kier alpha value is -2.76. The third-order valence-electron chi connectivity index (χ3n) is 3.69. The number of rotatable bonds is 4. The molecule has 0 bridgehead atoms. The van der Waals surface area contributed by atoms with Gasteiger partial charge in [-0.15, -0.1) is 0 Å². The van der Waals surface area contributed by atoms with Crippen molar-refractivity contribution in [2.45, 2.75) is 0 Å². The standard InChI is InChI=1S/C16H15Cl2N5O3/c1-21(8-13(24)20-9-4-5-11(17)12(18)6-9)14-10(7-19)15(25)23(3)16(26)22(14)2/h4-6H,8H2,1-3H3,(H,20,24). The SMILES string of the molecule is CN(CC(=O)Nc1ccc(Cl)c(Cl)c1)c1c(C#N)c(=O)n(C)c(=O)n1C. The minimum absolute atomic E-state index is 0.0601. The number of halogens is 2. The summed E-state index contributed by atoms with van der Waals surface area (Å²) in [6.07, 6.45) is 0. The Labute approximate surface area is 158 Å². The van der Waals surface area contributed by atoms with Crippen LogP contribution in [0.4, 0.5) is 11.5 Å². The molecule has 1 aromatic heterocycles. The predicted octanol–water partition coefficient (Wildman–Crippen LogP) is 1.34. The van der Waals surface area contributed by atoms with Gasteiger partial charge in [0.1, 0.15) is 11.9 Å². The number of nitrogens with zero attached hydrogens (tertiary/aromatic N) is 4. The summed E-state index contributed by atoms with van der Waals surface area (Å²) >= 11 is 11.7. The third kappa shape index (κ3) is 3.74. The Morgan fingerprint density at radius 3 is 2.46 bits per heavy atom. The van der Waals surface area contributed by atoms with Crippen molar-refractivity contribution in [3.05, 3.63) is 54.6 Å². The highest BCUT2D eigenvalue weighted by Gasteiger charge is 2.20. The van der Waals surface area contributed by atoms with Gasteiger partial charge in [0.05, 0.1) is 16.6 Å². The summed E-state index contributed by atoms with van der Waals surface area (Å²) in [4.78, 5) is 37.8. The first-order valence-electron chi connectivity index (χ1n) is 7.33. The van der Waals surface area contributed by atoms with Gasteiger partial charge >= 0.3 is 5.69 Å². The number of hydrogen-bond acceptors (Lipinski definition) is 5. The second-order valence-electron chi connectivity index (χ2n) is 5.55. The number of nitriles is 1. The van der Waals surface area contributed by atoms with Gasteiger partial charge in [-0.3, -0.25) is 18.7 Å². The van der Waals surface area contributed by atoms with Crippen LogP contribution in [0.3, 0.4) is 0 Å². The van der Waals surface area contributed by atoms with E-state index in [0.717, 1.165) is 9.13 Å². The molecule has 8 nitrogen and oxygen atoms in total. The fourth-order valence-corrected chi connectivity index (χ4v) is 2.74. The number of anilines is 2. The van der Waals surface area contributed by atoms with E-state index in [2.05, 4.69) is 5.32 Å². The second kappa shape index (κ2) is 7.64. The van der Waals surface area contributed by atoms with Crippen LogP contribution in [0.1, 0.15) is 5.56 Å². The lowest BCUT2D eigenvalue weighted by molar-refractivity contribution is -0.114. The fraction of sp³-hybridized carbons (Fsp3) is 0.250. The predicted molar refractivity (Wildman–Crippen MR) is 100 cm³/mol. The number of hydrogen-bond donors (Lipinski definition) is 1. The average Bonchev–Trinajstić information content (AvgIpc) is 2.58. The number of likely N-dealkylation sites (N-methyl/N-ethyl adjacent to an activating group) is 1. The molecule has 1 aromatic carbocycles. The van der Waals surface area contributed by atoms with E-state index in [1.807, 2.05) is 0 Å². The van der Waals surface area contributed by atoms with Crippen LogP contribution in [-0.4, -0.2) is 28.6 Å². The molecule has 0 saturated carbocycles. The van der Waals surface area contributed by atoms with E-state index in [-0.39, 0.29) is 17.9 Å². The summed E-state index contributed by atoms with van der Waals surface area (Å²) in [5, 5.41) is 12.6. The lowest BCUT2D eigenvalue weighted by Gasteiger charge is -2.22. The first kappa shape index (κ1) is 19.6. The van der Waals surface area contributed by atoms with Crippen LogP contribution in [0.2, 0.25) is 10.0 Å². The molecule has 0 atom stereocenters. The van der Waals surface area contributed by atoms with E-state index in [1.54, 1.807) is 18.2 Å². The van der Waals surface area contributed by atoms with Crippen LogP contribution < -0.4 is 21.5 Å². The zero-order valence-corrected chi connectivity index (χ0v) is 15.7. The van der Waals surface area contributed by atoms with Gasteiger partial charge in [0.15, 0.2) is 5.56 Å². The van der Waals surface area contributed by atoms with Gasteiger partial charge in [-0.2, -0.15) is 5.26 Å². The highest BCUT2D eigenvalue weighted by atomic mass is 35.5. The molecule has 0 saturated heterocycles. The number of carbonyl (C=O) groups excluding carboxylic acids is 1. The Morgan fingerprint density at radius 1 is 1.23 bits per heavy atom. The van der Waals surface area contributed by atoms with Crippen molar-refractivity contribution in [2.75, 3.05) is 23.8 Å². The first-order valence-corrected chi connectivity index (χ1v) is 8.09. The lowest BCUT2D eigenvalue weighted by Crippen LogP contribution is -2.43. The van der Waals surface area contributed by atoms with Crippen molar-refractivity contribution in [1.29, 1.82) is 5.26 Å². The quantitative estimate of drug-likeness (QED) is 0.841. The smallest absolute Gasteiger partial charge is 0.332 e. The minimum atomic E-state index is -0.720. The molecule has 10 heteroatoms. The van der Waals surface area contributed by atoms with Gasteiger partial charge in [-0.1, -0.05) is 23.2 Å². The molecule has 0 aliphatic heterocycles. The van der Waals surface area contributed by atoms with Gasteiger partial charge in [0, 0.05) is 26.8 Å². The average molecular weight is 396 g/mol. The summed E-state index contributed by atoms with van der Waals surface area (Å²) < 4.78 is 1.98. The van der Waals surface area contributed by atoms with E-state index in [9.17, 15) is 19.6 Å². The maximum atomic E-state index is 12.3. The van der Waals surface area contributed by atoms with Crippen LogP contribution >= 0.6 is 23.2 Å². The fourth-order valence-electron chi connectivity index (χ4n) is 2.44. The third-order valence-corrected chi connectivity index (χ3v) is 4.43. The molecule has 0 aliphatic carbocycles. The van der Waals surface area contributed by atoms with E-state index < -0.39 is 17.2 Å². The minimum Gasteiger partial charge on any atom is -0.350 e. The molecule has 0 unspecified atom stereocenters. The zero-order valence-electron chi connectivity index (χ0n) is 14.2. The van der Waals surface area contributed by atoms with Gasteiger partial charge < -0.3 is 10.2 Å². The maximum Gasteiger partial charge on any atom is 0.332 e. The summed E-state index contributed by atoms with van der Waals surface area (Å²) in [7, 11) is 4.21. The van der Waals surface area contributed by atoms with Crippen LogP contribution in [0.5, 0.6) is 0 Å². The molecule has 1 N–H and O–H groups in total. The molecule has 26 heavy (non-hydrogen) atoms. The summed E-state index contributed by atoms with van der Waals surface area (Å²) in [5.74, 6) is -0.368. The number of amides is 1. The van der Waals surface area contributed by atoms with E-state index in [0.29, 0.717) is 15.7 Å². The lowest BCUT2D eigenvalue weighted by atomic mass is 10.3. The van der Waals surface area contributed by atoms with E-state index in [1.165, 1.54) is 32.1 Å². The molecule has 0 aliphatic rings. The molecule has 136 valence electrons. The van der Waals surface area contributed by atoms with Crippen LogP contribution in [0, 0.1) is 11.3 Å². The second-order valence-corrected chi connectivity index (χ2v) is 6.36. The summed E-state index contributed by atoms with van der Waals surface area (Å²) in [6, 6.07) is 6.42. The molecule has 1 amide bonds. The zero-order chi connectivity index (χ0) is 19.6. The van der Waals surface area contributed by atoms with Crippen molar-refractivity contribution in [2.24, 2.45) is 14.1 Å². The van der Waals surface area contributed by atoms with Crippen molar-refractivity contribution in [3.8, 4) is 6.07 Å². The van der Waals surface area contributed by atoms with E-state index >= 15 is 0 Å². The largest absolute Gasteiger partial charge is 0.350 e. The Morgan fingerprint density at radius 2 is 1.88 bits per heavy atom.